The summed E-state index contributed by atoms with van der Waals surface area (Å²) >= 11 is 6.22. The quantitative estimate of drug-likeness (QED) is 0.317. The average Bonchev–Trinajstić information content (AvgIpc) is 3.01. The third-order valence-electron chi connectivity index (χ3n) is 6.02. The lowest BCUT2D eigenvalue weighted by Crippen LogP contribution is -2.38. The summed E-state index contributed by atoms with van der Waals surface area (Å²) in [6.07, 6.45) is 1.65. The minimum absolute atomic E-state index is 0.00658. The van der Waals surface area contributed by atoms with Crippen molar-refractivity contribution in [3.8, 4) is 5.75 Å². The second-order valence-corrected chi connectivity index (χ2v) is 10.4. The highest BCUT2D eigenvalue weighted by atomic mass is 35.5. The Kier molecular flexibility index (Phi) is 8.51. The monoisotopic (exact) mass is 515 g/mol. The summed E-state index contributed by atoms with van der Waals surface area (Å²) < 4.78 is 8.65. The number of unbranched alkanes of at least 4 members (excludes halogenated alkanes) is 1. The van der Waals surface area contributed by atoms with Crippen molar-refractivity contribution < 1.29 is 19.4 Å². The van der Waals surface area contributed by atoms with Crippen LogP contribution in [-0.2, 0) is 25.3 Å². The molecule has 0 saturated heterocycles. The maximum atomic E-state index is 12.8. The molecule has 2 aromatic carbocycles. The molecule has 1 heterocycles. The number of halogens is 1. The van der Waals surface area contributed by atoms with E-state index >= 15 is 0 Å². The summed E-state index contributed by atoms with van der Waals surface area (Å²) in [5, 5.41) is 10.0. The van der Waals surface area contributed by atoms with Gasteiger partial charge in [0.25, 0.3) is 0 Å². The van der Waals surface area contributed by atoms with Crippen LogP contribution in [0.25, 0.3) is 11.0 Å². The number of benzene rings is 2. The van der Waals surface area contributed by atoms with Crippen molar-refractivity contribution in [1.82, 2.24) is 14.0 Å². The van der Waals surface area contributed by atoms with Crippen LogP contribution in [0.3, 0.4) is 0 Å². The predicted molar refractivity (Wildman–Crippen MR) is 141 cm³/mol. The molecule has 0 aliphatic heterocycles. The third-order valence-corrected chi connectivity index (χ3v) is 6.37. The molecule has 0 bridgehead atoms. The van der Waals surface area contributed by atoms with Gasteiger partial charge in [-0.05, 0) is 75.9 Å². The number of phenolic OH excluding ortho intramolecular Hbond substituents is 1. The van der Waals surface area contributed by atoms with Crippen LogP contribution in [0.1, 0.15) is 56.0 Å². The normalized spacial score (nSPS) is 11.6. The average molecular weight is 516 g/mol. The van der Waals surface area contributed by atoms with E-state index in [0.717, 1.165) is 16.6 Å². The summed E-state index contributed by atoms with van der Waals surface area (Å²) in [5.41, 5.74) is 2.12. The van der Waals surface area contributed by atoms with Crippen molar-refractivity contribution in [2.75, 3.05) is 13.1 Å². The van der Waals surface area contributed by atoms with Gasteiger partial charge in [0.15, 0.2) is 5.78 Å². The molecule has 1 amide bonds. The Balaban J connectivity index is 1.60. The first kappa shape index (κ1) is 27.3. The summed E-state index contributed by atoms with van der Waals surface area (Å²) in [7, 11) is 3.40. The van der Waals surface area contributed by atoms with Crippen molar-refractivity contribution in [3.63, 3.8) is 0 Å². The van der Waals surface area contributed by atoms with Gasteiger partial charge in [0.05, 0.1) is 11.0 Å². The number of phenols is 1. The van der Waals surface area contributed by atoms with Crippen molar-refractivity contribution in [1.29, 1.82) is 0 Å². The van der Waals surface area contributed by atoms with Crippen LogP contribution in [0.2, 0.25) is 5.02 Å². The van der Waals surface area contributed by atoms with E-state index in [9.17, 15) is 19.5 Å². The van der Waals surface area contributed by atoms with Gasteiger partial charge in [0.2, 0.25) is 0 Å². The van der Waals surface area contributed by atoms with Crippen LogP contribution in [0.15, 0.2) is 41.2 Å². The molecule has 194 valence electrons. The molecule has 0 spiro atoms. The van der Waals surface area contributed by atoms with Crippen LogP contribution in [-0.4, -0.2) is 49.7 Å². The third kappa shape index (κ3) is 6.69. The van der Waals surface area contributed by atoms with Gasteiger partial charge in [-0.1, -0.05) is 17.7 Å². The maximum Gasteiger partial charge on any atom is 0.410 e. The van der Waals surface area contributed by atoms with E-state index in [1.165, 1.54) is 10.6 Å². The number of Topliss-reactive ketones (excluding diaryl/α,β-unsaturated/α-hetero) is 1. The zero-order chi connectivity index (χ0) is 26.6. The van der Waals surface area contributed by atoms with Crippen molar-refractivity contribution >= 4 is 34.5 Å². The molecular weight excluding hydrogens is 482 g/mol. The molecular formula is C27H34ClN3O5. The first-order chi connectivity index (χ1) is 16.9. The van der Waals surface area contributed by atoms with Crippen LogP contribution in [0, 0.1) is 0 Å². The highest BCUT2D eigenvalue weighted by molar-refractivity contribution is 6.31. The number of carbonyl (C=O) groups is 2. The van der Waals surface area contributed by atoms with Gasteiger partial charge in [0.1, 0.15) is 11.4 Å². The first-order valence-corrected chi connectivity index (χ1v) is 12.4. The fourth-order valence-corrected chi connectivity index (χ4v) is 4.30. The number of amides is 1. The number of fused-ring (bicyclic) bond motifs is 1. The number of hydrogen-bond donors (Lipinski definition) is 1. The number of aromatic hydroxyl groups is 1. The highest BCUT2D eigenvalue weighted by Crippen LogP contribution is 2.23. The molecule has 0 unspecified atom stereocenters. The molecule has 1 N–H and O–H groups in total. The number of rotatable bonds is 9. The van der Waals surface area contributed by atoms with Crippen molar-refractivity contribution in [3.05, 3.63) is 63.0 Å². The number of ether oxygens (including phenoxy) is 1. The summed E-state index contributed by atoms with van der Waals surface area (Å²) in [6.45, 7) is 6.28. The van der Waals surface area contributed by atoms with Crippen LogP contribution >= 0.6 is 11.6 Å². The lowest BCUT2D eigenvalue weighted by Gasteiger charge is -2.27. The maximum absolute atomic E-state index is 12.8. The van der Waals surface area contributed by atoms with E-state index in [-0.39, 0.29) is 17.2 Å². The van der Waals surface area contributed by atoms with Gasteiger partial charge in [-0.15, -0.1) is 0 Å². The molecule has 0 aliphatic carbocycles. The van der Waals surface area contributed by atoms with Gasteiger partial charge >= 0.3 is 11.8 Å². The number of aromatic nitrogens is 2. The van der Waals surface area contributed by atoms with E-state index in [1.807, 2.05) is 20.8 Å². The molecule has 1 aromatic heterocycles. The van der Waals surface area contributed by atoms with Gasteiger partial charge in [0, 0.05) is 44.2 Å². The Morgan fingerprint density at radius 3 is 2.36 bits per heavy atom. The minimum Gasteiger partial charge on any atom is -0.508 e. The van der Waals surface area contributed by atoms with Crippen LogP contribution < -0.4 is 5.69 Å². The van der Waals surface area contributed by atoms with E-state index in [2.05, 4.69) is 0 Å². The zero-order valence-corrected chi connectivity index (χ0v) is 22.3. The Bertz CT molecular complexity index is 1320. The lowest BCUT2D eigenvalue weighted by molar-refractivity contribution is 0.0249. The van der Waals surface area contributed by atoms with Gasteiger partial charge in [-0.25, -0.2) is 9.59 Å². The van der Waals surface area contributed by atoms with Gasteiger partial charge < -0.3 is 14.7 Å². The Labute approximate surface area is 216 Å². The minimum atomic E-state index is -0.627. The number of carbonyl (C=O) groups excluding carboxylic acids is 2. The number of hydrogen-bond acceptors (Lipinski definition) is 5. The number of nitrogens with zero attached hydrogens (tertiary/aromatic N) is 3. The fourth-order valence-electron chi connectivity index (χ4n) is 4.03. The molecule has 0 aliphatic rings. The predicted octanol–water partition coefficient (Wildman–Crippen LogP) is 5.07. The molecule has 36 heavy (non-hydrogen) atoms. The molecule has 3 rings (SSSR count). The summed E-state index contributed by atoms with van der Waals surface area (Å²) in [6, 6.07) is 10.1. The zero-order valence-electron chi connectivity index (χ0n) is 21.5. The van der Waals surface area contributed by atoms with Gasteiger partial charge in [-0.3, -0.25) is 13.9 Å². The molecule has 0 atom stereocenters. The molecule has 8 nitrogen and oxygen atoms in total. The molecule has 0 saturated carbocycles. The summed E-state index contributed by atoms with van der Waals surface area (Å²) in [5.74, 6) is 0.0824. The van der Waals surface area contributed by atoms with E-state index in [0.29, 0.717) is 49.4 Å². The van der Waals surface area contributed by atoms with Crippen LogP contribution in [0.4, 0.5) is 4.79 Å². The number of aryl methyl sites for hydroxylation is 2. The Morgan fingerprint density at radius 2 is 1.69 bits per heavy atom. The first-order valence-electron chi connectivity index (χ1n) is 12.0. The SMILES string of the molecule is Cn1c(=O)n(C)c2cc(C(=O)CCCCN(CCc3ccc(O)cc3Cl)C(=O)OC(C)(C)C)ccc21. The van der Waals surface area contributed by atoms with Gasteiger partial charge in [-0.2, -0.15) is 0 Å². The Morgan fingerprint density at radius 1 is 1.00 bits per heavy atom. The molecule has 0 fully saturated rings. The number of ketones is 1. The summed E-state index contributed by atoms with van der Waals surface area (Å²) in [4.78, 5) is 39.4. The van der Waals surface area contributed by atoms with Crippen molar-refractivity contribution in [2.24, 2.45) is 14.1 Å². The molecule has 9 heteroatoms. The second-order valence-electron chi connectivity index (χ2n) is 9.98. The molecule has 0 radical (unpaired) electrons. The largest absolute Gasteiger partial charge is 0.508 e. The van der Waals surface area contributed by atoms with Crippen molar-refractivity contribution in [2.45, 2.75) is 52.1 Å². The standard InChI is InChI=1S/C27H34ClN3O5/c1-27(2,3)36-26(35)31(15-13-18-9-11-20(32)17-21(18)28)14-7-6-8-24(33)19-10-12-22-23(16-19)30(5)25(34)29(22)4/h9-12,16-17,32H,6-8,13-15H2,1-5H3. The van der Waals surface area contributed by atoms with Crippen LogP contribution in [0.5, 0.6) is 5.75 Å². The van der Waals surface area contributed by atoms with E-state index < -0.39 is 11.7 Å². The second kappa shape index (κ2) is 11.2. The highest BCUT2D eigenvalue weighted by Gasteiger charge is 2.22. The topological polar surface area (TPSA) is 93.8 Å². The molecule has 3 aromatic rings. The fraction of sp³-hybridized carbons (Fsp3) is 0.444. The van der Waals surface area contributed by atoms with E-state index in [1.54, 1.807) is 53.9 Å². The Hall–Kier alpha value is -3.26. The number of imidazole rings is 1. The van der Waals surface area contributed by atoms with E-state index in [4.69, 9.17) is 16.3 Å². The lowest BCUT2D eigenvalue weighted by atomic mass is 10.0. The smallest absolute Gasteiger partial charge is 0.410 e.